The molecule has 2 aromatic rings. The van der Waals surface area contributed by atoms with Gasteiger partial charge in [-0.3, -0.25) is 9.80 Å². The minimum atomic E-state index is -1.09. The van der Waals surface area contributed by atoms with Crippen molar-refractivity contribution in [2.24, 2.45) is 0 Å². The normalized spacial score (nSPS) is 12.1. The van der Waals surface area contributed by atoms with Crippen LogP contribution in [0.15, 0.2) is 49.1 Å². The van der Waals surface area contributed by atoms with Crippen molar-refractivity contribution in [3.63, 3.8) is 0 Å². The molecule has 12 heteroatoms. The summed E-state index contributed by atoms with van der Waals surface area (Å²) < 4.78 is 11.4. The van der Waals surface area contributed by atoms with Gasteiger partial charge in [0.05, 0.1) is 57.1 Å². The van der Waals surface area contributed by atoms with Crippen LogP contribution in [0.4, 0.5) is 0 Å². The third-order valence-electron chi connectivity index (χ3n) is 6.08. The molecule has 0 aliphatic rings. The fraction of sp³-hybridized carbons (Fsp3) is 0.500. The van der Waals surface area contributed by atoms with Gasteiger partial charge in [0.2, 0.25) is 0 Å². The van der Waals surface area contributed by atoms with E-state index in [1.54, 1.807) is 30.3 Å². The average Bonchev–Trinajstić information content (AvgIpc) is 2.94. The Hall–Kier alpha value is -3.26. The van der Waals surface area contributed by atoms with E-state index in [1.165, 1.54) is 12.1 Å². The fourth-order valence-electron chi connectivity index (χ4n) is 4.13. The Kier molecular flexibility index (Phi) is 15.6. The molecule has 0 aromatic carbocycles. The molecule has 12 nitrogen and oxygen atoms in total. The van der Waals surface area contributed by atoms with Crippen molar-refractivity contribution in [1.29, 1.82) is 0 Å². The predicted octanol–water partition coefficient (Wildman–Crippen LogP) is 1.70. The maximum atomic E-state index is 11.4. The highest BCUT2D eigenvalue weighted by Crippen LogP contribution is 2.24. The Bertz CT molecular complexity index is 1050. The number of nitrogens with zero attached hydrogens (tertiary/aromatic N) is 4. The summed E-state index contributed by atoms with van der Waals surface area (Å²) in [6, 6.07) is 9.53. The largest absolute Gasteiger partial charge is 0.477 e. The van der Waals surface area contributed by atoms with E-state index in [9.17, 15) is 24.9 Å². The number of carboxylic acid groups (broad SMARTS) is 2. The van der Waals surface area contributed by atoms with E-state index in [4.69, 9.17) is 14.6 Å². The van der Waals surface area contributed by atoms with Crippen LogP contribution in [0.25, 0.3) is 0 Å². The zero-order chi connectivity index (χ0) is 29.2. The molecule has 2 rings (SSSR count). The second kappa shape index (κ2) is 18.9. The molecule has 1 unspecified atom stereocenters. The molecule has 220 valence electrons. The summed E-state index contributed by atoms with van der Waals surface area (Å²) in [7, 11) is 0. The number of ether oxygens (including phenoxy) is 2. The topological polar surface area (TPSA) is 166 Å². The summed E-state index contributed by atoms with van der Waals surface area (Å²) in [5.41, 5.74) is 1.17. The van der Waals surface area contributed by atoms with Crippen LogP contribution in [0, 0.1) is 0 Å². The number of hydrogen-bond donors (Lipinski definition) is 4. The number of aliphatic hydroxyl groups excluding tert-OH is 2. The van der Waals surface area contributed by atoms with Crippen LogP contribution in [0.2, 0.25) is 0 Å². The lowest BCUT2D eigenvalue weighted by molar-refractivity contribution is 0.0219. The number of allylic oxidation sites excluding steroid dienone is 1. The Morgan fingerprint density at radius 3 is 2.10 bits per heavy atom. The van der Waals surface area contributed by atoms with Gasteiger partial charge >= 0.3 is 11.9 Å². The smallest absolute Gasteiger partial charge is 0.354 e. The number of aromatic carboxylic acids is 2. The Morgan fingerprint density at radius 1 is 0.850 bits per heavy atom. The summed E-state index contributed by atoms with van der Waals surface area (Å²) in [6.07, 6.45) is 3.17. The Morgan fingerprint density at radius 2 is 1.48 bits per heavy atom. The SMILES string of the molecule is C=CCCC(c1cccc(C(=O)O)n1)N(CCO)CCOCCOCCN(CCO)Cc1cccc(C(=O)O)n1. The van der Waals surface area contributed by atoms with Crippen LogP contribution >= 0.6 is 0 Å². The molecule has 1 atom stereocenters. The molecule has 0 spiro atoms. The molecular weight excluding hydrogens is 520 g/mol. The van der Waals surface area contributed by atoms with E-state index in [0.29, 0.717) is 83.4 Å². The molecular formula is C28H40N4O8. The monoisotopic (exact) mass is 560 g/mol. The molecule has 0 aliphatic carbocycles. The lowest BCUT2D eigenvalue weighted by atomic mass is 10.0. The van der Waals surface area contributed by atoms with Crippen LogP contribution in [-0.4, -0.2) is 118 Å². The molecule has 0 radical (unpaired) electrons. The van der Waals surface area contributed by atoms with E-state index in [-0.39, 0.29) is 30.6 Å². The molecule has 0 aliphatic heterocycles. The first-order valence-corrected chi connectivity index (χ1v) is 13.2. The van der Waals surface area contributed by atoms with Crippen LogP contribution in [-0.2, 0) is 16.0 Å². The molecule has 2 heterocycles. The van der Waals surface area contributed by atoms with Crippen LogP contribution in [0.5, 0.6) is 0 Å². The molecule has 2 aromatic heterocycles. The molecule has 0 bridgehead atoms. The van der Waals surface area contributed by atoms with Gasteiger partial charge in [0.1, 0.15) is 11.4 Å². The van der Waals surface area contributed by atoms with Gasteiger partial charge in [0, 0.05) is 32.7 Å². The first-order chi connectivity index (χ1) is 19.4. The third kappa shape index (κ3) is 11.9. The molecule has 0 amide bonds. The van der Waals surface area contributed by atoms with E-state index in [0.717, 1.165) is 0 Å². The zero-order valence-electron chi connectivity index (χ0n) is 22.7. The number of aromatic nitrogens is 2. The highest BCUT2D eigenvalue weighted by Gasteiger charge is 2.22. The van der Waals surface area contributed by atoms with E-state index in [2.05, 4.69) is 16.5 Å². The van der Waals surface area contributed by atoms with Gasteiger partial charge in [-0.1, -0.05) is 18.2 Å². The first-order valence-electron chi connectivity index (χ1n) is 13.2. The summed E-state index contributed by atoms with van der Waals surface area (Å²) >= 11 is 0. The van der Waals surface area contributed by atoms with Gasteiger partial charge in [0.15, 0.2) is 0 Å². The van der Waals surface area contributed by atoms with Gasteiger partial charge < -0.3 is 29.9 Å². The minimum absolute atomic E-state index is 0.0236. The van der Waals surface area contributed by atoms with Crippen molar-refractivity contribution in [3.8, 4) is 0 Å². The fourth-order valence-corrected chi connectivity index (χ4v) is 4.13. The highest BCUT2D eigenvalue weighted by atomic mass is 16.5. The van der Waals surface area contributed by atoms with Gasteiger partial charge in [0.25, 0.3) is 0 Å². The average molecular weight is 561 g/mol. The highest BCUT2D eigenvalue weighted by molar-refractivity contribution is 5.85. The summed E-state index contributed by atoms with van der Waals surface area (Å²) in [6.45, 7) is 7.38. The summed E-state index contributed by atoms with van der Waals surface area (Å²) in [4.78, 5) is 34.9. The molecule has 0 fully saturated rings. The first kappa shape index (κ1) is 32.9. The Balaban J connectivity index is 1.79. The Labute approximate surface area is 234 Å². The van der Waals surface area contributed by atoms with Crippen LogP contribution in [0.3, 0.4) is 0 Å². The number of rotatable bonds is 22. The molecule has 4 N–H and O–H groups in total. The number of pyridine rings is 2. The number of hydrogen-bond acceptors (Lipinski definition) is 10. The van der Waals surface area contributed by atoms with Crippen molar-refractivity contribution < 1.29 is 39.5 Å². The molecule has 0 saturated carbocycles. The molecule has 40 heavy (non-hydrogen) atoms. The second-order valence-electron chi connectivity index (χ2n) is 8.94. The quantitative estimate of drug-likeness (QED) is 0.122. The van der Waals surface area contributed by atoms with Crippen molar-refractivity contribution >= 4 is 11.9 Å². The van der Waals surface area contributed by atoms with Crippen molar-refractivity contribution in [3.05, 3.63) is 71.8 Å². The number of carbonyl (C=O) groups is 2. The van der Waals surface area contributed by atoms with Crippen molar-refractivity contribution in [2.45, 2.75) is 25.4 Å². The van der Waals surface area contributed by atoms with Crippen molar-refractivity contribution in [2.75, 3.05) is 65.8 Å². The summed E-state index contributed by atoms with van der Waals surface area (Å²) in [5.74, 6) is -2.18. The second-order valence-corrected chi connectivity index (χ2v) is 8.94. The maximum Gasteiger partial charge on any atom is 0.354 e. The van der Waals surface area contributed by atoms with Crippen LogP contribution in [0.1, 0.15) is 51.2 Å². The third-order valence-corrected chi connectivity index (χ3v) is 6.08. The van der Waals surface area contributed by atoms with Gasteiger partial charge in [-0.25, -0.2) is 19.6 Å². The van der Waals surface area contributed by atoms with E-state index < -0.39 is 11.9 Å². The standard InChI is InChI=1S/C28H40N4O8/c1-2-3-10-26(23-7-5-9-25(30-23)28(37)38)32(12-16-34)14-18-40-20-19-39-17-13-31(11-15-33)21-22-6-4-8-24(29-22)27(35)36/h2,4-9,26,33-34H,1,3,10-21H2,(H,35,36)(H,37,38). The minimum Gasteiger partial charge on any atom is -0.477 e. The van der Waals surface area contributed by atoms with Crippen LogP contribution < -0.4 is 0 Å². The van der Waals surface area contributed by atoms with Crippen molar-refractivity contribution in [1.82, 2.24) is 19.8 Å². The number of aliphatic hydroxyl groups is 2. The van der Waals surface area contributed by atoms with Gasteiger partial charge in [-0.2, -0.15) is 0 Å². The lowest BCUT2D eigenvalue weighted by Gasteiger charge is -2.31. The zero-order valence-corrected chi connectivity index (χ0v) is 22.7. The summed E-state index contributed by atoms with van der Waals surface area (Å²) in [5, 5.41) is 37.4. The van der Waals surface area contributed by atoms with E-state index >= 15 is 0 Å². The van der Waals surface area contributed by atoms with E-state index in [1.807, 2.05) is 9.80 Å². The maximum absolute atomic E-state index is 11.4. The van der Waals surface area contributed by atoms with Gasteiger partial charge in [-0.15, -0.1) is 6.58 Å². The number of carboxylic acids is 2. The van der Waals surface area contributed by atoms with Gasteiger partial charge in [-0.05, 0) is 37.1 Å². The predicted molar refractivity (Wildman–Crippen MR) is 147 cm³/mol. The molecule has 0 saturated heterocycles. The lowest BCUT2D eigenvalue weighted by Crippen LogP contribution is -2.35.